The molecule has 2 aliphatic rings. The van der Waals surface area contributed by atoms with Crippen LogP contribution < -0.4 is 5.73 Å². The van der Waals surface area contributed by atoms with E-state index in [4.69, 9.17) is 10.8 Å². The van der Waals surface area contributed by atoms with Crippen LogP contribution in [0.2, 0.25) is 0 Å². The molecule has 0 aromatic heterocycles. The van der Waals surface area contributed by atoms with Crippen LogP contribution in [0.1, 0.15) is 19.3 Å². The third kappa shape index (κ3) is 1.62. The predicted octanol–water partition coefficient (Wildman–Crippen LogP) is 0.858. The quantitative estimate of drug-likeness (QED) is 0.566. The van der Waals surface area contributed by atoms with Crippen molar-refractivity contribution in [2.45, 2.75) is 24.9 Å². The molecule has 0 aromatic carbocycles. The van der Waals surface area contributed by atoms with Gasteiger partial charge in [-0.3, -0.25) is 0 Å². The molecule has 72 valence electrons. The third-order valence-corrected chi connectivity index (χ3v) is 2.83. The Hall–Kier alpha value is -0.800. The molecule has 2 rings (SSSR count). The fourth-order valence-corrected chi connectivity index (χ4v) is 1.68. The minimum atomic E-state index is -0.522. The molecule has 0 radical (unpaired) electrons. The first-order chi connectivity index (χ1) is 6.16. The van der Waals surface area contributed by atoms with Crippen LogP contribution in [0.4, 0.5) is 0 Å². The molecule has 1 atom stereocenters. The maximum Gasteiger partial charge on any atom is 0.106 e. The van der Waals surface area contributed by atoms with E-state index in [9.17, 15) is 5.11 Å². The highest BCUT2D eigenvalue weighted by Crippen LogP contribution is 2.57. The summed E-state index contributed by atoms with van der Waals surface area (Å²) in [4.78, 5) is 0. The van der Waals surface area contributed by atoms with Gasteiger partial charge in [0.05, 0.1) is 12.1 Å². The van der Waals surface area contributed by atoms with E-state index in [1.807, 2.05) is 0 Å². The first kappa shape index (κ1) is 8.78. The summed E-state index contributed by atoms with van der Waals surface area (Å²) < 4.78 is 0. The summed E-state index contributed by atoms with van der Waals surface area (Å²) in [6.07, 6.45) is 6.42. The molecule has 4 N–H and O–H groups in total. The third-order valence-electron chi connectivity index (χ3n) is 2.83. The topological polar surface area (TPSA) is 66.5 Å². The van der Waals surface area contributed by atoms with E-state index < -0.39 is 5.60 Å². The molecule has 0 spiro atoms. The number of rotatable bonds is 3. The van der Waals surface area contributed by atoms with Crippen LogP contribution in [-0.2, 0) is 0 Å². The molecule has 0 bridgehead atoms. The summed E-state index contributed by atoms with van der Waals surface area (Å²) in [5, 5.41) is 19.0. The van der Waals surface area contributed by atoms with Crippen LogP contribution in [0.3, 0.4) is 0 Å². The van der Waals surface area contributed by atoms with Gasteiger partial charge in [-0.05, 0) is 30.4 Å². The highest BCUT2D eigenvalue weighted by atomic mass is 16.3. The highest BCUT2D eigenvalue weighted by Gasteiger charge is 2.56. The zero-order chi connectivity index (χ0) is 9.47. The molecule has 2 aliphatic carbocycles. The average Bonchev–Trinajstić information content (AvgIpc) is 2.94. The van der Waals surface area contributed by atoms with Crippen molar-refractivity contribution in [2.75, 3.05) is 6.54 Å². The average molecular weight is 181 g/mol. The second-order valence-corrected chi connectivity index (χ2v) is 3.93. The van der Waals surface area contributed by atoms with E-state index in [-0.39, 0.29) is 12.3 Å². The lowest BCUT2D eigenvalue weighted by molar-refractivity contribution is 0.140. The van der Waals surface area contributed by atoms with E-state index >= 15 is 0 Å². The van der Waals surface area contributed by atoms with Gasteiger partial charge in [-0.1, -0.05) is 6.08 Å². The SMILES string of the molecule is NC/C(O)=C/C=C1\CC1(O)C1CC1. The summed E-state index contributed by atoms with van der Waals surface area (Å²) >= 11 is 0. The van der Waals surface area contributed by atoms with Gasteiger partial charge in [-0.25, -0.2) is 0 Å². The van der Waals surface area contributed by atoms with Crippen molar-refractivity contribution in [1.29, 1.82) is 0 Å². The van der Waals surface area contributed by atoms with E-state index in [0.29, 0.717) is 5.92 Å². The lowest BCUT2D eigenvalue weighted by Gasteiger charge is -2.01. The van der Waals surface area contributed by atoms with Gasteiger partial charge in [0.1, 0.15) is 5.76 Å². The molecule has 3 nitrogen and oxygen atoms in total. The standard InChI is InChI=1S/C10H15NO2/c11-6-9(12)4-3-8-5-10(8,13)7-1-2-7/h3-4,7,12-13H,1-2,5-6,11H2/b8-3+,9-4-. The van der Waals surface area contributed by atoms with Crippen molar-refractivity contribution in [3.63, 3.8) is 0 Å². The van der Waals surface area contributed by atoms with Gasteiger partial charge in [0.15, 0.2) is 0 Å². The molecule has 0 amide bonds. The molecular weight excluding hydrogens is 166 g/mol. The van der Waals surface area contributed by atoms with Crippen LogP contribution in [0.25, 0.3) is 0 Å². The Bertz CT molecular complexity index is 279. The van der Waals surface area contributed by atoms with Crippen LogP contribution in [0, 0.1) is 5.92 Å². The lowest BCUT2D eigenvalue weighted by Crippen LogP contribution is -2.09. The molecule has 2 saturated carbocycles. The Morgan fingerprint density at radius 3 is 2.85 bits per heavy atom. The fraction of sp³-hybridized carbons (Fsp3) is 0.600. The Morgan fingerprint density at radius 2 is 2.31 bits per heavy atom. The summed E-state index contributed by atoms with van der Waals surface area (Å²) in [6.45, 7) is 0.158. The van der Waals surface area contributed by atoms with E-state index in [2.05, 4.69) is 0 Å². The van der Waals surface area contributed by atoms with Crippen molar-refractivity contribution in [3.05, 3.63) is 23.5 Å². The van der Waals surface area contributed by atoms with Crippen molar-refractivity contribution in [3.8, 4) is 0 Å². The van der Waals surface area contributed by atoms with Gasteiger partial charge in [0.2, 0.25) is 0 Å². The Kier molecular flexibility index (Phi) is 1.93. The molecule has 0 heterocycles. The van der Waals surface area contributed by atoms with Crippen molar-refractivity contribution < 1.29 is 10.2 Å². The van der Waals surface area contributed by atoms with Crippen molar-refractivity contribution in [1.82, 2.24) is 0 Å². The maximum absolute atomic E-state index is 9.90. The number of aliphatic hydroxyl groups excluding tert-OH is 1. The summed E-state index contributed by atoms with van der Waals surface area (Å²) in [7, 11) is 0. The number of hydrogen-bond acceptors (Lipinski definition) is 3. The molecule has 0 saturated heterocycles. The highest BCUT2D eigenvalue weighted by molar-refractivity contribution is 5.41. The first-order valence-corrected chi connectivity index (χ1v) is 4.68. The maximum atomic E-state index is 9.90. The van der Waals surface area contributed by atoms with Crippen LogP contribution in [-0.4, -0.2) is 22.4 Å². The van der Waals surface area contributed by atoms with Gasteiger partial charge >= 0.3 is 0 Å². The smallest absolute Gasteiger partial charge is 0.106 e. The zero-order valence-corrected chi connectivity index (χ0v) is 7.53. The second kappa shape index (κ2) is 2.86. The Balaban J connectivity index is 1.97. The monoisotopic (exact) mass is 181 g/mol. The van der Waals surface area contributed by atoms with Gasteiger partial charge in [-0.2, -0.15) is 0 Å². The van der Waals surface area contributed by atoms with Crippen LogP contribution >= 0.6 is 0 Å². The van der Waals surface area contributed by atoms with Gasteiger partial charge < -0.3 is 15.9 Å². The van der Waals surface area contributed by atoms with Gasteiger partial charge in [0.25, 0.3) is 0 Å². The van der Waals surface area contributed by atoms with Gasteiger partial charge in [-0.15, -0.1) is 0 Å². The molecular formula is C10H15NO2. The van der Waals surface area contributed by atoms with Crippen molar-refractivity contribution in [2.24, 2.45) is 11.7 Å². The fourth-order valence-electron chi connectivity index (χ4n) is 1.68. The summed E-state index contributed by atoms with van der Waals surface area (Å²) in [5.74, 6) is 0.643. The van der Waals surface area contributed by atoms with E-state index in [0.717, 1.165) is 24.8 Å². The summed E-state index contributed by atoms with van der Waals surface area (Å²) in [5.41, 5.74) is 5.72. The predicted molar refractivity (Wildman–Crippen MR) is 50.1 cm³/mol. The number of aliphatic hydroxyl groups is 2. The molecule has 1 unspecified atom stereocenters. The lowest BCUT2D eigenvalue weighted by atomic mass is 10.2. The van der Waals surface area contributed by atoms with Crippen LogP contribution in [0.5, 0.6) is 0 Å². The zero-order valence-electron chi connectivity index (χ0n) is 7.53. The first-order valence-electron chi connectivity index (χ1n) is 4.68. The summed E-state index contributed by atoms with van der Waals surface area (Å²) in [6, 6.07) is 0. The Labute approximate surface area is 77.6 Å². The molecule has 2 fully saturated rings. The van der Waals surface area contributed by atoms with Crippen LogP contribution in [0.15, 0.2) is 23.5 Å². The second-order valence-electron chi connectivity index (χ2n) is 3.93. The molecule has 0 aliphatic heterocycles. The number of nitrogens with two attached hydrogens (primary N) is 1. The van der Waals surface area contributed by atoms with Gasteiger partial charge in [0, 0.05) is 6.42 Å². The normalized spacial score (nSPS) is 36.8. The van der Waals surface area contributed by atoms with E-state index in [1.54, 1.807) is 12.2 Å². The number of hydrogen-bond donors (Lipinski definition) is 3. The largest absolute Gasteiger partial charge is 0.511 e. The molecule has 13 heavy (non-hydrogen) atoms. The van der Waals surface area contributed by atoms with E-state index in [1.165, 1.54) is 0 Å². The number of allylic oxidation sites excluding steroid dienone is 2. The van der Waals surface area contributed by atoms with Crippen molar-refractivity contribution >= 4 is 0 Å². The minimum Gasteiger partial charge on any atom is -0.511 e. The minimum absolute atomic E-state index is 0.158. The Morgan fingerprint density at radius 1 is 1.62 bits per heavy atom. The molecule has 0 aromatic rings. The molecule has 3 heteroatoms.